The molecule has 0 fully saturated rings. The number of rotatable bonds is 7. The van der Waals surface area contributed by atoms with Crippen LogP contribution >= 0.6 is 0 Å². The monoisotopic (exact) mass is 438 g/mol. The molecule has 0 aliphatic heterocycles. The van der Waals surface area contributed by atoms with Crippen LogP contribution in [0.15, 0.2) is 59.3 Å². The summed E-state index contributed by atoms with van der Waals surface area (Å²) in [5, 5.41) is 10.8. The molecule has 9 heteroatoms. The van der Waals surface area contributed by atoms with Crippen molar-refractivity contribution in [1.82, 2.24) is 14.9 Å². The van der Waals surface area contributed by atoms with Gasteiger partial charge in [-0.25, -0.2) is 8.78 Å². The number of hydrogen-bond acceptors (Lipinski definition) is 5. The van der Waals surface area contributed by atoms with Crippen LogP contribution in [0.1, 0.15) is 32.9 Å². The lowest BCUT2D eigenvalue weighted by molar-refractivity contribution is 0.101. The first-order valence-corrected chi connectivity index (χ1v) is 9.83. The zero-order valence-corrected chi connectivity index (χ0v) is 17.4. The summed E-state index contributed by atoms with van der Waals surface area (Å²) in [6.45, 7) is 4.02. The lowest BCUT2D eigenvalue weighted by Crippen LogP contribution is -2.16. The van der Waals surface area contributed by atoms with Gasteiger partial charge in [0.2, 0.25) is 0 Å². The topological polar surface area (TPSA) is 82.2 Å². The van der Waals surface area contributed by atoms with Crippen LogP contribution in [0.25, 0.3) is 0 Å². The first-order valence-electron chi connectivity index (χ1n) is 9.83. The molecular formula is C23H20F2N4O3. The summed E-state index contributed by atoms with van der Waals surface area (Å²) in [5.74, 6) is -1.54. The van der Waals surface area contributed by atoms with E-state index in [9.17, 15) is 13.6 Å². The minimum absolute atomic E-state index is 0.00141. The van der Waals surface area contributed by atoms with E-state index in [1.807, 2.05) is 31.2 Å². The second-order valence-electron chi connectivity index (χ2n) is 7.21. The van der Waals surface area contributed by atoms with E-state index in [1.54, 1.807) is 23.9 Å². The third kappa shape index (κ3) is 4.66. The Morgan fingerprint density at radius 2 is 1.97 bits per heavy atom. The van der Waals surface area contributed by atoms with Gasteiger partial charge in [0, 0.05) is 18.3 Å². The van der Waals surface area contributed by atoms with Gasteiger partial charge in [0.1, 0.15) is 18.2 Å². The molecule has 0 unspecified atom stereocenters. The zero-order valence-electron chi connectivity index (χ0n) is 17.4. The number of halogens is 2. The molecule has 2 aromatic heterocycles. The van der Waals surface area contributed by atoms with Crippen LogP contribution < -0.4 is 10.1 Å². The molecule has 0 atom stereocenters. The highest BCUT2D eigenvalue weighted by molar-refractivity contribution is 6.03. The molecule has 7 nitrogen and oxygen atoms in total. The SMILES string of the molecule is Cc1ccccc1Cn1ccc(NC(=O)c2noc(C)c2COc2ccc(F)cc2F)n1. The van der Waals surface area contributed by atoms with Crippen molar-refractivity contribution in [2.75, 3.05) is 5.32 Å². The normalized spacial score (nSPS) is 10.9. The van der Waals surface area contributed by atoms with Crippen LogP contribution in [0.3, 0.4) is 0 Å². The summed E-state index contributed by atoms with van der Waals surface area (Å²) in [6, 6.07) is 12.6. The largest absolute Gasteiger partial charge is 0.486 e. The van der Waals surface area contributed by atoms with Gasteiger partial charge in [0.15, 0.2) is 23.1 Å². The Balaban J connectivity index is 1.44. The van der Waals surface area contributed by atoms with Crippen LogP contribution in [0.2, 0.25) is 0 Å². The molecule has 32 heavy (non-hydrogen) atoms. The van der Waals surface area contributed by atoms with Crippen molar-refractivity contribution >= 4 is 11.7 Å². The molecule has 0 aliphatic carbocycles. The first kappa shape index (κ1) is 21.2. The number of amides is 1. The molecule has 0 saturated carbocycles. The molecule has 4 aromatic rings. The summed E-state index contributed by atoms with van der Waals surface area (Å²) in [6.07, 6.45) is 1.76. The highest BCUT2D eigenvalue weighted by atomic mass is 19.1. The van der Waals surface area contributed by atoms with Crippen molar-refractivity contribution in [1.29, 1.82) is 0 Å². The number of hydrogen-bond donors (Lipinski definition) is 1. The molecule has 0 saturated heterocycles. The Morgan fingerprint density at radius 1 is 1.16 bits per heavy atom. The number of benzene rings is 2. The number of aromatic nitrogens is 3. The standard InChI is InChI=1S/C23H20F2N4O3/c1-14-5-3-4-6-16(14)12-29-10-9-21(27-29)26-23(30)22-18(15(2)32-28-22)13-31-20-8-7-17(24)11-19(20)25/h3-11H,12-13H2,1-2H3,(H,26,27,30). The molecule has 0 spiro atoms. The number of ether oxygens (including phenoxy) is 1. The van der Waals surface area contributed by atoms with E-state index in [4.69, 9.17) is 9.26 Å². The van der Waals surface area contributed by atoms with E-state index < -0.39 is 17.5 Å². The van der Waals surface area contributed by atoms with Crippen LogP contribution in [0.4, 0.5) is 14.6 Å². The molecule has 4 rings (SSSR count). The van der Waals surface area contributed by atoms with E-state index in [-0.39, 0.29) is 18.1 Å². The number of carbonyl (C=O) groups excluding carboxylic acids is 1. The maximum Gasteiger partial charge on any atom is 0.279 e. The summed E-state index contributed by atoms with van der Waals surface area (Å²) >= 11 is 0. The van der Waals surface area contributed by atoms with Crippen molar-refractivity contribution in [2.24, 2.45) is 0 Å². The van der Waals surface area contributed by atoms with Crippen molar-refractivity contribution in [2.45, 2.75) is 27.0 Å². The molecule has 2 aromatic carbocycles. The molecular weight excluding hydrogens is 418 g/mol. The van der Waals surface area contributed by atoms with Gasteiger partial charge in [-0.3, -0.25) is 9.48 Å². The second-order valence-corrected chi connectivity index (χ2v) is 7.21. The number of nitrogens with one attached hydrogen (secondary N) is 1. The van der Waals surface area contributed by atoms with Gasteiger partial charge in [-0.1, -0.05) is 29.4 Å². The molecule has 1 amide bonds. The Bertz CT molecular complexity index is 1270. The molecule has 0 radical (unpaired) electrons. The lowest BCUT2D eigenvalue weighted by Gasteiger charge is -2.08. The first-order chi connectivity index (χ1) is 15.4. The van der Waals surface area contributed by atoms with Gasteiger partial charge < -0.3 is 14.6 Å². The van der Waals surface area contributed by atoms with Gasteiger partial charge in [0.25, 0.3) is 5.91 Å². The van der Waals surface area contributed by atoms with Gasteiger partial charge in [0.05, 0.1) is 12.1 Å². The fourth-order valence-corrected chi connectivity index (χ4v) is 3.14. The summed E-state index contributed by atoms with van der Waals surface area (Å²) in [7, 11) is 0. The quantitative estimate of drug-likeness (QED) is 0.454. The molecule has 164 valence electrons. The highest BCUT2D eigenvalue weighted by Crippen LogP contribution is 2.22. The maximum absolute atomic E-state index is 13.8. The van der Waals surface area contributed by atoms with Gasteiger partial charge >= 0.3 is 0 Å². The van der Waals surface area contributed by atoms with Crippen molar-refractivity contribution in [3.8, 4) is 5.75 Å². The Hall–Kier alpha value is -4.01. The third-order valence-corrected chi connectivity index (χ3v) is 4.94. The molecule has 1 N–H and O–H groups in total. The fraction of sp³-hybridized carbons (Fsp3) is 0.174. The zero-order chi connectivity index (χ0) is 22.7. The predicted octanol–water partition coefficient (Wildman–Crippen LogP) is 4.65. The summed E-state index contributed by atoms with van der Waals surface area (Å²) < 4.78 is 39.1. The average molecular weight is 438 g/mol. The highest BCUT2D eigenvalue weighted by Gasteiger charge is 2.22. The fourth-order valence-electron chi connectivity index (χ4n) is 3.14. The molecule has 0 bridgehead atoms. The van der Waals surface area contributed by atoms with E-state index in [0.717, 1.165) is 23.3 Å². The van der Waals surface area contributed by atoms with E-state index in [1.165, 1.54) is 6.07 Å². The van der Waals surface area contributed by atoms with E-state index in [2.05, 4.69) is 15.6 Å². The van der Waals surface area contributed by atoms with Crippen molar-refractivity contribution in [3.05, 3.63) is 94.5 Å². The van der Waals surface area contributed by atoms with Gasteiger partial charge in [-0.2, -0.15) is 5.10 Å². The van der Waals surface area contributed by atoms with E-state index in [0.29, 0.717) is 23.7 Å². The predicted molar refractivity (Wildman–Crippen MR) is 112 cm³/mol. The van der Waals surface area contributed by atoms with Crippen molar-refractivity contribution < 1.29 is 22.8 Å². The number of aryl methyl sites for hydroxylation is 2. The van der Waals surface area contributed by atoms with Gasteiger partial charge in [-0.15, -0.1) is 0 Å². The van der Waals surface area contributed by atoms with Gasteiger partial charge in [-0.05, 0) is 37.1 Å². The molecule has 0 aliphatic rings. The average Bonchev–Trinajstić information content (AvgIpc) is 3.35. The number of nitrogens with zero attached hydrogens (tertiary/aromatic N) is 3. The van der Waals surface area contributed by atoms with Crippen LogP contribution in [-0.2, 0) is 13.2 Å². The summed E-state index contributed by atoms with van der Waals surface area (Å²) in [4.78, 5) is 12.7. The third-order valence-electron chi connectivity index (χ3n) is 4.94. The van der Waals surface area contributed by atoms with E-state index >= 15 is 0 Å². The summed E-state index contributed by atoms with van der Waals surface area (Å²) in [5.41, 5.74) is 2.62. The number of carbonyl (C=O) groups is 1. The lowest BCUT2D eigenvalue weighted by atomic mass is 10.1. The Kier molecular flexibility index (Phi) is 5.98. The minimum Gasteiger partial charge on any atom is -0.486 e. The van der Waals surface area contributed by atoms with Crippen molar-refractivity contribution in [3.63, 3.8) is 0 Å². The smallest absolute Gasteiger partial charge is 0.279 e. The molecule has 2 heterocycles. The second kappa shape index (κ2) is 9.01. The Morgan fingerprint density at radius 3 is 2.75 bits per heavy atom. The van der Waals surface area contributed by atoms with Crippen LogP contribution in [-0.4, -0.2) is 20.8 Å². The van der Waals surface area contributed by atoms with Crippen LogP contribution in [0, 0.1) is 25.5 Å². The Labute approximate surface area is 182 Å². The number of anilines is 1. The minimum atomic E-state index is -0.843. The van der Waals surface area contributed by atoms with Crippen LogP contribution in [0.5, 0.6) is 5.75 Å². The maximum atomic E-state index is 13.8.